The first kappa shape index (κ1) is 8.69. The normalized spacial score (nSPS) is 43.6. The van der Waals surface area contributed by atoms with Crippen LogP contribution in [0.25, 0.3) is 0 Å². The van der Waals surface area contributed by atoms with Crippen LogP contribution in [0, 0.1) is 10.1 Å². The van der Waals surface area contributed by atoms with Crippen LogP contribution in [0.15, 0.2) is 12.2 Å². The summed E-state index contributed by atoms with van der Waals surface area (Å²) in [5.41, 5.74) is -0.306. The summed E-state index contributed by atoms with van der Waals surface area (Å²) in [5.74, 6) is 0. The minimum absolute atomic E-state index is 0.157. The van der Waals surface area contributed by atoms with Crippen molar-refractivity contribution in [1.29, 1.82) is 0 Å². The predicted octanol–water partition coefficient (Wildman–Crippen LogP) is 1.53. The highest BCUT2D eigenvalue weighted by Crippen LogP contribution is 2.47. The van der Waals surface area contributed by atoms with Gasteiger partial charge in [-0.25, -0.2) is 0 Å². The number of nitrogens with zero attached hydrogens (tertiary/aromatic N) is 1. The zero-order valence-corrected chi connectivity index (χ0v) is 7.66. The van der Waals surface area contributed by atoms with Crippen LogP contribution in [-0.4, -0.2) is 22.7 Å². The van der Waals surface area contributed by atoms with Crippen LogP contribution in [0.5, 0.6) is 0 Å². The van der Waals surface area contributed by atoms with E-state index < -0.39 is 5.54 Å². The summed E-state index contributed by atoms with van der Waals surface area (Å²) in [5, 5.41) is 11.0. The van der Waals surface area contributed by atoms with E-state index in [0.29, 0.717) is 12.0 Å². The van der Waals surface area contributed by atoms with Crippen molar-refractivity contribution >= 4 is 0 Å². The Hall–Kier alpha value is -0.900. The van der Waals surface area contributed by atoms with Crippen LogP contribution in [0.3, 0.4) is 0 Å². The van der Waals surface area contributed by atoms with Crippen molar-refractivity contribution in [3.05, 3.63) is 22.3 Å². The summed E-state index contributed by atoms with van der Waals surface area (Å²) in [4.78, 5) is 10.8. The lowest BCUT2D eigenvalue weighted by molar-refractivity contribution is -0.561. The third-order valence-corrected chi connectivity index (χ3v) is 3.30. The van der Waals surface area contributed by atoms with Gasteiger partial charge in [-0.3, -0.25) is 10.1 Å². The molecule has 0 aromatic heterocycles. The highest BCUT2D eigenvalue weighted by atomic mass is 16.6. The second kappa shape index (κ2) is 2.54. The average molecular weight is 183 g/mol. The predicted molar refractivity (Wildman–Crippen MR) is 47.1 cm³/mol. The Bertz CT molecular complexity index is 276. The van der Waals surface area contributed by atoms with Gasteiger partial charge < -0.3 is 4.74 Å². The molecule has 1 aliphatic heterocycles. The lowest BCUT2D eigenvalue weighted by Gasteiger charge is -2.18. The summed E-state index contributed by atoms with van der Waals surface area (Å²) >= 11 is 0. The molecule has 4 heteroatoms. The number of hydrogen-bond acceptors (Lipinski definition) is 3. The van der Waals surface area contributed by atoms with Gasteiger partial charge in [-0.1, -0.05) is 6.58 Å². The van der Waals surface area contributed by atoms with Crippen LogP contribution in [-0.2, 0) is 4.74 Å². The first-order chi connectivity index (χ1) is 6.09. The molecule has 0 N–H and O–H groups in total. The van der Waals surface area contributed by atoms with Crippen LogP contribution < -0.4 is 0 Å². The summed E-state index contributed by atoms with van der Waals surface area (Å²) in [7, 11) is 0. The Balaban J connectivity index is 2.41. The largest absolute Gasteiger partial charge is 0.363 e. The van der Waals surface area contributed by atoms with Crippen molar-refractivity contribution in [3.8, 4) is 0 Å². The molecule has 3 atom stereocenters. The molecule has 2 rings (SSSR count). The van der Waals surface area contributed by atoms with Gasteiger partial charge in [0.15, 0.2) is 0 Å². The van der Waals surface area contributed by atoms with Gasteiger partial charge in [0.05, 0.1) is 6.10 Å². The molecule has 1 saturated heterocycles. The Morgan fingerprint density at radius 1 is 1.77 bits per heavy atom. The van der Waals surface area contributed by atoms with Crippen molar-refractivity contribution in [2.45, 2.75) is 43.9 Å². The first-order valence-electron chi connectivity index (χ1n) is 4.58. The highest BCUT2D eigenvalue weighted by Gasteiger charge is 2.62. The van der Waals surface area contributed by atoms with E-state index in [-0.39, 0.29) is 17.1 Å². The van der Waals surface area contributed by atoms with Crippen LogP contribution >= 0.6 is 0 Å². The van der Waals surface area contributed by atoms with Crippen molar-refractivity contribution in [2.24, 2.45) is 0 Å². The standard InChI is InChI=1S/C9H13NO3/c1-6-7(2)13-8-4-3-5-9(6,8)10(11)12/h7-8H,1,3-5H2,2H3/t7?,8-,9+/m1/s1. The number of ether oxygens (including phenoxy) is 1. The summed E-state index contributed by atoms with van der Waals surface area (Å²) in [6, 6.07) is 0. The number of rotatable bonds is 1. The van der Waals surface area contributed by atoms with Gasteiger partial charge in [0, 0.05) is 16.9 Å². The van der Waals surface area contributed by atoms with Crippen molar-refractivity contribution in [2.75, 3.05) is 0 Å². The van der Waals surface area contributed by atoms with E-state index in [4.69, 9.17) is 4.74 Å². The third kappa shape index (κ3) is 0.892. The number of fused-ring (bicyclic) bond motifs is 1. The smallest absolute Gasteiger partial charge is 0.271 e. The maximum Gasteiger partial charge on any atom is 0.271 e. The molecule has 2 aliphatic rings. The molecule has 1 heterocycles. The fourth-order valence-corrected chi connectivity index (χ4v) is 2.51. The molecule has 72 valence electrons. The van der Waals surface area contributed by atoms with Crippen molar-refractivity contribution in [1.82, 2.24) is 0 Å². The maximum absolute atomic E-state index is 11.0. The second-order valence-corrected chi connectivity index (χ2v) is 3.87. The Morgan fingerprint density at radius 2 is 2.46 bits per heavy atom. The molecule has 0 aromatic rings. The van der Waals surface area contributed by atoms with Gasteiger partial charge in [0.1, 0.15) is 6.10 Å². The van der Waals surface area contributed by atoms with Crippen LogP contribution in [0.1, 0.15) is 26.2 Å². The topological polar surface area (TPSA) is 52.4 Å². The highest BCUT2D eigenvalue weighted by molar-refractivity contribution is 5.26. The summed E-state index contributed by atoms with van der Waals surface area (Å²) in [6.07, 6.45) is 1.87. The molecular formula is C9H13NO3. The monoisotopic (exact) mass is 183 g/mol. The van der Waals surface area contributed by atoms with E-state index in [0.717, 1.165) is 12.8 Å². The van der Waals surface area contributed by atoms with Gasteiger partial charge in [-0.05, 0) is 19.8 Å². The van der Waals surface area contributed by atoms with Gasteiger partial charge >= 0.3 is 0 Å². The fraction of sp³-hybridized carbons (Fsp3) is 0.778. The fourth-order valence-electron chi connectivity index (χ4n) is 2.51. The average Bonchev–Trinajstić information content (AvgIpc) is 2.55. The van der Waals surface area contributed by atoms with Gasteiger partial charge in [0.25, 0.3) is 5.54 Å². The van der Waals surface area contributed by atoms with Gasteiger partial charge in [-0.2, -0.15) is 0 Å². The van der Waals surface area contributed by atoms with Crippen LogP contribution in [0.4, 0.5) is 0 Å². The molecule has 1 unspecified atom stereocenters. The number of nitro groups is 1. The van der Waals surface area contributed by atoms with E-state index in [1.54, 1.807) is 0 Å². The summed E-state index contributed by atoms with van der Waals surface area (Å²) < 4.78 is 5.52. The second-order valence-electron chi connectivity index (χ2n) is 3.87. The summed E-state index contributed by atoms with van der Waals surface area (Å²) in [6.45, 7) is 5.64. The lowest BCUT2D eigenvalue weighted by Crippen LogP contribution is -2.42. The Morgan fingerprint density at radius 3 is 3.00 bits per heavy atom. The van der Waals surface area contributed by atoms with E-state index in [9.17, 15) is 10.1 Å². The minimum Gasteiger partial charge on any atom is -0.363 e. The van der Waals surface area contributed by atoms with Crippen molar-refractivity contribution < 1.29 is 9.66 Å². The first-order valence-corrected chi connectivity index (χ1v) is 4.58. The number of hydrogen-bond donors (Lipinski definition) is 0. The molecule has 1 aliphatic carbocycles. The zero-order chi connectivity index (χ0) is 9.64. The van der Waals surface area contributed by atoms with E-state index in [1.807, 2.05) is 6.92 Å². The molecule has 4 nitrogen and oxygen atoms in total. The molecule has 0 amide bonds. The maximum atomic E-state index is 11.0. The zero-order valence-electron chi connectivity index (χ0n) is 7.66. The van der Waals surface area contributed by atoms with Crippen molar-refractivity contribution in [3.63, 3.8) is 0 Å². The molecule has 0 aromatic carbocycles. The van der Waals surface area contributed by atoms with E-state index in [1.165, 1.54) is 0 Å². The quantitative estimate of drug-likeness (QED) is 0.352. The molecule has 0 radical (unpaired) electrons. The molecular weight excluding hydrogens is 170 g/mol. The Labute approximate surface area is 76.7 Å². The van der Waals surface area contributed by atoms with Crippen LogP contribution in [0.2, 0.25) is 0 Å². The molecule has 0 bridgehead atoms. The molecule has 0 spiro atoms. The SMILES string of the molecule is C=C1C(C)O[C@@H]2CCC[C@]12[N+](=O)[O-]. The van der Waals surface area contributed by atoms with E-state index >= 15 is 0 Å². The molecule has 2 fully saturated rings. The minimum atomic E-state index is -0.959. The van der Waals surface area contributed by atoms with Gasteiger partial charge in [0.2, 0.25) is 0 Å². The molecule has 13 heavy (non-hydrogen) atoms. The van der Waals surface area contributed by atoms with Gasteiger partial charge in [-0.15, -0.1) is 0 Å². The van der Waals surface area contributed by atoms with E-state index in [2.05, 4.69) is 6.58 Å². The molecule has 1 saturated carbocycles. The lowest BCUT2D eigenvalue weighted by atomic mass is 9.88. The Kier molecular flexibility index (Phi) is 1.70. The third-order valence-electron chi connectivity index (χ3n) is 3.30.